The number of carbonyl (C=O) groups excluding carboxylic acids is 1. The normalized spacial score (nSPS) is 17.7. The summed E-state index contributed by atoms with van der Waals surface area (Å²) in [5.41, 5.74) is 0. The second-order valence-corrected chi connectivity index (χ2v) is 17.9. The summed E-state index contributed by atoms with van der Waals surface area (Å²) in [7, 11) is 1.65. The molecule has 4 atom stereocenters. The molecule has 0 saturated carbocycles. The highest BCUT2D eigenvalue weighted by Gasteiger charge is 2.36. The number of quaternary nitrogens is 1. The lowest BCUT2D eigenvalue weighted by molar-refractivity contribution is -0.870. The van der Waals surface area contributed by atoms with Crippen molar-refractivity contribution in [1.29, 1.82) is 0 Å². The third-order valence-electron chi connectivity index (χ3n) is 9.91. The van der Waals surface area contributed by atoms with Crippen molar-refractivity contribution in [3.8, 4) is 0 Å². The van der Waals surface area contributed by atoms with Gasteiger partial charge in [0.25, 0.3) is 0 Å². The van der Waals surface area contributed by atoms with E-state index in [0.29, 0.717) is 36.3 Å². The molecule has 0 spiro atoms. The molecule has 1 aliphatic rings. The fraction of sp³-hybridized carbons (Fsp3) is 0.886. The van der Waals surface area contributed by atoms with Crippen LogP contribution in [0.5, 0.6) is 0 Å². The predicted molar refractivity (Wildman–Crippen MR) is 224 cm³/mol. The molecular formula is C44H85NO8P+. The van der Waals surface area contributed by atoms with Crippen molar-refractivity contribution in [2.75, 3.05) is 54.1 Å². The minimum Gasteiger partial charge on any atom is -0.457 e. The molecule has 0 aliphatic carbocycles. The molecule has 318 valence electrons. The SMILES string of the molecule is CCCCCCCC/C=C\CCCCCCCCOCC(COP(=O)(O)OCC[N+](C)(C)C)OC(=O)CCCCCCC/C=C\CC1OC1CCCCC. The first-order valence-corrected chi connectivity index (χ1v) is 23.7. The fourth-order valence-electron chi connectivity index (χ4n) is 6.32. The van der Waals surface area contributed by atoms with E-state index in [1.54, 1.807) is 0 Å². The first-order chi connectivity index (χ1) is 26.1. The fourth-order valence-corrected chi connectivity index (χ4v) is 7.06. The molecule has 4 unspecified atom stereocenters. The topological polar surface area (TPSA) is 104 Å². The lowest BCUT2D eigenvalue weighted by Crippen LogP contribution is -2.37. The van der Waals surface area contributed by atoms with Gasteiger partial charge < -0.3 is 23.6 Å². The van der Waals surface area contributed by atoms with E-state index in [0.717, 1.165) is 57.8 Å². The maximum Gasteiger partial charge on any atom is 0.472 e. The Morgan fingerprint density at radius 2 is 1.20 bits per heavy atom. The number of nitrogens with zero attached hydrogens (tertiary/aromatic N) is 1. The van der Waals surface area contributed by atoms with Crippen LogP contribution in [0.1, 0.15) is 181 Å². The van der Waals surface area contributed by atoms with Crippen LogP contribution < -0.4 is 0 Å². The van der Waals surface area contributed by atoms with Gasteiger partial charge in [-0.25, -0.2) is 4.57 Å². The number of phosphoric acid groups is 1. The Balaban J connectivity index is 2.22. The lowest BCUT2D eigenvalue weighted by Gasteiger charge is -2.24. The van der Waals surface area contributed by atoms with Gasteiger partial charge in [0.1, 0.15) is 19.3 Å². The summed E-state index contributed by atoms with van der Waals surface area (Å²) in [6, 6.07) is 0. The zero-order valence-electron chi connectivity index (χ0n) is 35.7. The molecular weight excluding hydrogens is 701 g/mol. The smallest absolute Gasteiger partial charge is 0.457 e. The minimum absolute atomic E-state index is 0.0829. The van der Waals surface area contributed by atoms with Crippen LogP contribution in [0.15, 0.2) is 24.3 Å². The van der Waals surface area contributed by atoms with Crippen molar-refractivity contribution in [1.82, 2.24) is 0 Å². The van der Waals surface area contributed by atoms with Crippen molar-refractivity contribution in [2.45, 2.75) is 199 Å². The molecule has 54 heavy (non-hydrogen) atoms. The Morgan fingerprint density at radius 1 is 0.667 bits per heavy atom. The summed E-state index contributed by atoms with van der Waals surface area (Å²) in [5, 5.41) is 0. The minimum atomic E-state index is -4.28. The van der Waals surface area contributed by atoms with E-state index in [4.69, 9.17) is 23.3 Å². The number of rotatable bonds is 40. The molecule has 1 heterocycles. The van der Waals surface area contributed by atoms with Crippen LogP contribution in [0, 0.1) is 0 Å². The Hall–Kier alpha value is -1.06. The summed E-state index contributed by atoms with van der Waals surface area (Å²) in [6.45, 7) is 5.55. The lowest BCUT2D eigenvalue weighted by atomic mass is 10.1. The quantitative estimate of drug-likeness (QED) is 0.0163. The average molecular weight is 787 g/mol. The molecule has 1 fully saturated rings. The zero-order chi connectivity index (χ0) is 39.6. The van der Waals surface area contributed by atoms with Gasteiger partial charge in [0, 0.05) is 13.0 Å². The van der Waals surface area contributed by atoms with Crippen molar-refractivity contribution in [3.63, 3.8) is 0 Å². The van der Waals surface area contributed by atoms with Gasteiger partial charge >= 0.3 is 13.8 Å². The van der Waals surface area contributed by atoms with Gasteiger partial charge in [-0.2, -0.15) is 0 Å². The largest absolute Gasteiger partial charge is 0.472 e. The average Bonchev–Trinajstić information content (AvgIpc) is 3.87. The van der Waals surface area contributed by atoms with Crippen molar-refractivity contribution >= 4 is 13.8 Å². The first kappa shape index (κ1) is 51.0. The molecule has 9 nitrogen and oxygen atoms in total. The Morgan fingerprint density at radius 3 is 1.81 bits per heavy atom. The monoisotopic (exact) mass is 787 g/mol. The Labute approximate surface area is 332 Å². The number of epoxide rings is 1. The van der Waals surface area contributed by atoms with Crippen LogP contribution >= 0.6 is 7.82 Å². The molecule has 0 aromatic rings. The number of allylic oxidation sites excluding steroid dienone is 3. The predicted octanol–water partition coefficient (Wildman–Crippen LogP) is 11.8. The van der Waals surface area contributed by atoms with E-state index in [2.05, 4.69) is 38.2 Å². The highest BCUT2D eigenvalue weighted by molar-refractivity contribution is 7.47. The summed E-state index contributed by atoms with van der Waals surface area (Å²) < 4.78 is 40.8. The van der Waals surface area contributed by atoms with Crippen molar-refractivity contribution in [2.24, 2.45) is 0 Å². The van der Waals surface area contributed by atoms with Gasteiger partial charge in [-0.15, -0.1) is 0 Å². The van der Waals surface area contributed by atoms with Crippen LogP contribution in [0.25, 0.3) is 0 Å². The van der Waals surface area contributed by atoms with Gasteiger partial charge in [0.05, 0.1) is 46.6 Å². The van der Waals surface area contributed by atoms with Gasteiger partial charge in [-0.05, 0) is 64.2 Å². The summed E-state index contributed by atoms with van der Waals surface area (Å²) in [6.07, 6.45) is 39.5. The van der Waals surface area contributed by atoms with E-state index in [1.807, 2.05) is 21.1 Å². The van der Waals surface area contributed by atoms with Gasteiger partial charge in [-0.3, -0.25) is 13.8 Å². The van der Waals surface area contributed by atoms with E-state index in [9.17, 15) is 14.3 Å². The third kappa shape index (κ3) is 34.2. The first-order valence-electron chi connectivity index (χ1n) is 22.2. The van der Waals surface area contributed by atoms with Crippen LogP contribution in [-0.4, -0.2) is 87.8 Å². The van der Waals surface area contributed by atoms with Crippen LogP contribution in [-0.2, 0) is 32.6 Å². The highest BCUT2D eigenvalue weighted by atomic mass is 31.2. The Bertz CT molecular complexity index is 984. The second-order valence-electron chi connectivity index (χ2n) is 16.5. The number of carbonyl (C=O) groups is 1. The zero-order valence-corrected chi connectivity index (χ0v) is 36.6. The molecule has 0 bridgehead atoms. The molecule has 1 saturated heterocycles. The summed E-state index contributed by atoms with van der Waals surface area (Å²) in [5.74, 6) is -0.332. The van der Waals surface area contributed by atoms with Crippen LogP contribution in [0.2, 0.25) is 0 Å². The molecule has 1 rings (SSSR count). The van der Waals surface area contributed by atoms with Crippen LogP contribution in [0.4, 0.5) is 0 Å². The van der Waals surface area contributed by atoms with Gasteiger partial charge in [0.15, 0.2) is 0 Å². The molecule has 0 aromatic heterocycles. The number of ether oxygens (including phenoxy) is 3. The molecule has 1 N–H and O–H groups in total. The van der Waals surface area contributed by atoms with Gasteiger partial charge in [0.2, 0.25) is 0 Å². The third-order valence-corrected chi connectivity index (χ3v) is 10.9. The maximum atomic E-state index is 12.7. The second kappa shape index (κ2) is 34.0. The number of hydrogen-bond donors (Lipinski definition) is 1. The molecule has 10 heteroatoms. The van der Waals surface area contributed by atoms with E-state index in [-0.39, 0.29) is 25.8 Å². The number of likely N-dealkylation sites (N-methyl/N-ethyl adjacent to an activating group) is 1. The number of phosphoric ester groups is 1. The number of esters is 1. The standard InChI is InChI=1S/C44H84NO8P/c1-6-8-10-11-12-13-14-15-16-17-18-19-22-25-28-32-37-49-39-41(40-51-54(47,48)50-38-36-45(3,4)5)52-44(46)35-31-27-24-21-20-23-26-30-34-43-42(53-43)33-29-9-7-2/h15-16,26,30,41-43H,6-14,17-25,27-29,31-40H2,1-5H3/p+1/b16-15-,30-26-. The Kier molecular flexibility index (Phi) is 32.1. The maximum absolute atomic E-state index is 12.7. The summed E-state index contributed by atoms with van der Waals surface area (Å²) in [4.78, 5) is 22.9. The number of unbranched alkanes of at least 4 members (excludes halogenated alkanes) is 19. The van der Waals surface area contributed by atoms with E-state index < -0.39 is 13.9 Å². The molecule has 0 radical (unpaired) electrons. The molecule has 1 aliphatic heterocycles. The summed E-state index contributed by atoms with van der Waals surface area (Å²) >= 11 is 0. The number of hydrogen-bond acceptors (Lipinski definition) is 7. The van der Waals surface area contributed by atoms with E-state index in [1.165, 1.54) is 103 Å². The van der Waals surface area contributed by atoms with E-state index >= 15 is 0 Å². The van der Waals surface area contributed by atoms with Gasteiger partial charge in [-0.1, -0.05) is 134 Å². The van der Waals surface area contributed by atoms with Crippen molar-refractivity contribution in [3.05, 3.63) is 24.3 Å². The molecule has 0 amide bonds. The highest BCUT2D eigenvalue weighted by Crippen LogP contribution is 2.43. The molecule has 0 aromatic carbocycles. The van der Waals surface area contributed by atoms with Crippen LogP contribution in [0.3, 0.4) is 0 Å². The van der Waals surface area contributed by atoms with Crippen molar-refractivity contribution < 1.29 is 42.0 Å².